The monoisotopic (exact) mass is 295 g/mol. The van der Waals surface area contributed by atoms with Crippen molar-refractivity contribution in [3.05, 3.63) is 35.1 Å². The number of rotatable bonds is 3. The first-order valence-corrected chi connectivity index (χ1v) is 7.52. The fraction of sp³-hybridized carbons (Fsp3) is 0.625. The van der Waals surface area contributed by atoms with Crippen molar-refractivity contribution in [3.8, 4) is 0 Å². The molecule has 116 valence electrons. The normalized spacial score (nSPS) is 23.6. The molecule has 0 aromatic heterocycles. The van der Waals surface area contributed by atoms with Gasteiger partial charge in [-0.3, -0.25) is 0 Å². The molecular weight excluding hydrogens is 273 g/mol. The summed E-state index contributed by atoms with van der Waals surface area (Å²) in [7, 11) is 0. The molecule has 1 aromatic rings. The zero-order valence-corrected chi connectivity index (χ0v) is 12.3. The first kappa shape index (κ1) is 14.9. The second kappa shape index (κ2) is 6.01. The second-order valence-corrected chi connectivity index (χ2v) is 5.93. The van der Waals surface area contributed by atoms with Crippen LogP contribution in [0, 0.1) is 12.7 Å². The SMILES string of the molecule is Cc1cc(C(O)CN2CCC3(CC2)OCCO3)ccc1F. The predicted octanol–water partition coefficient (Wildman–Crippen LogP) is 2.01. The maximum atomic E-state index is 13.3. The van der Waals surface area contributed by atoms with Crippen LogP contribution >= 0.6 is 0 Å². The topological polar surface area (TPSA) is 41.9 Å². The molecule has 1 aromatic carbocycles. The summed E-state index contributed by atoms with van der Waals surface area (Å²) in [6.07, 6.45) is 1.08. The highest BCUT2D eigenvalue weighted by molar-refractivity contribution is 5.25. The molecule has 2 aliphatic rings. The van der Waals surface area contributed by atoms with Crippen molar-refractivity contribution < 1.29 is 19.0 Å². The number of β-amino-alcohol motifs (C(OH)–C–C–N with tert-alkyl or cyclic N) is 1. The van der Waals surface area contributed by atoms with Crippen LogP contribution in [-0.2, 0) is 9.47 Å². The van der Waals surface area contributed by atoms with E-state index >= 15 is 0 Å². The highest BCUT2D eigenvalue weighted by atomic mass is 19.1. The second-order valence-electron chi connectivity index (χ2n) is 5.93. The summed E-state index contributed by atoms with van der Waals surface area (Å²) >= 11 is 0. The van der Waals surface area contributed by atoms with Gasteiger partial charge in [-0.15, -0.1) is 0 Å². The van der Waals surface area contributed by atoms with Crippen molar-refractivity contribution in [2.24, 2.45) is 0 Å². The van der Waals surface area contributed by atoms with Gasteiger partial charge < -0.3 is 19.5 Å². The number of hydrogen-bond acceptors (Lipinski definition) is 4. The Morgan fingerprint density at radius 3 is 2.57 bits per heavy atom. The van der Waals surface area contributed by atoms with E-state index in [9.17, 15) is 9.50 Å². The third-order valence-corrected chi connectivity index (χ3v) is 4.43. The molecular formula is C16H22FNO3. The van der Waals surface area contributed by atoms with Gasteiger partial charge in [0, 0.05) is 32.5 Å². The molecule has 0 radical (unpaired) electrons. The van der Waals surface area contributed by atoms with Gasteiger partial charge in [0.2, 0.25) is 0 Å². The van der Waals surface area contributed by atoms with Gasteiger partial charge in [-0.25, -0.2) is 4.39 Å². The first-order chi connectivity index (χ1) is 10.1. The van der Waals surface area contributed by atoms with Gasteiger partial charge in [-0.1, -0.05) is 12.1 Å². The summed E-state index contributed by atoms with van der Waals surface area (Å²) in [5.74, 6) is -0.616. The lowest BCUT2D eigenvalue weighted by Crippen LogP contribution is -2.46. The molecule has 2 heterocycles. The number of piperidine rings is 1. The fourth-order valence-electron chi connectivity index (χ4n) is 3.09. The molecule has 0 amide bonds. The number of ether oxygens (including phenoxy) is 2. The van der Waals surface area contributed by atoms with Gasteiger partial charge >= 0.3 is 0 Å². The molecule has 0 bridgehead atoms. The minimum atomic E-state index is -0.594. The maximum absolute atomic E-state index is 13.3. The number of aryl methyl sites for hydroxylation is 1. The molecule has 5 heteroatoms. The largest absolute Gasteiger partial charge is 0.387 e. The fourth-order valence-corrected chi connectivity index (χ4v) is 3.09. The molecule has 0 aliphatic carbocycles. The highest BCUT2D eigenvalue weighted by Gasteiger charge is 2.39. The number of aliphatic hydroxyl groups excluding tert-OH is 1. The van der Waals surface area contributed by atoms with Crippen molar-refractivity contribution >= 4 is 0 Å². The molecule has 21 heavy (non-hydrogen) atoms. The number of halogens is 1. The van der Waals surface area contributed by atoms with Crippen molar-refractivity contribution in [2.75, 3.05) is 32.8 Å². The number of hydrogen-bond donors (Lipinski definition) is 1. The Balaban J connectivity index is 1.56. The van der Waals surface area contributed by atoms with E-state index in [1.54, 1.807) is 19.1 Å². The van der Waals surface area contributed by atoms with Crippen LogP contribution in [0.15, 0.2) is 18.2 Å². The van der Waals surface area contributed by atoms with Crippen molar-refractivity contribution in [1.29, 1.82) is 0 Å². The van der Waals surface area contributed by atoms with Gasteiger partial charge in [0.25, 0.3) is 0 Å². The van der Waals surface area contributed by atoms with Gasteiger partial charge in [-0.2, -0.15) is 0 Å². The van der Waals surface area contributed by atoms with Gasteiger partial charge in [0.05, 0.1) is 19.3 Å². The van der Waals surface area contributed by atoms with E-state index in [-0.39, 0.29) is 11.6 Å². The average Bonchev–Trinajstić information content (AvgIpc) is 2.93. The van der Waals surface area contributed by atoms with Gasteiger partial charge in [0.1, 0.15) is 5.82 Å². The van der Waals surface area contributed by atoms with Gasteiger partial charge in [0.15, 0.2) is 5.79 Å². The Hall–Kier alpha value is -1.01. The molecule has 2 saturated heterocycles. The van der Waals surface area contributed by atoms with E-state index in [1.165, 1.54) is 6.07 Å². The Labute approximate surface area is 124 Å². The maximum Gasteiger partial charge on any atom is 0.170 e. The molecule has 1 spiro atoms. The van der Waals surface area contributed by atoms with E-state index in [1.807, 2.05) is 0 Å². The van der Waals surface area contributed by atoms with Crippen LogP contribution in [0.25, 0.3) is 0 Å². The molecule has 4 nitrogen and oxygen atoms in total. The predicted molar refractivity (Wildman–Crippen MR) is 76.4 cm³/mol. The Bertz CT molecular complexity index is 492. The van der Waals surface area contributed by atoms with Crippen LogP contribution in [0.3, 0.4) is 0 Å². The minimum Gasteiger partial charge on any atom is -0.387 e. The van der Waals surface area contributed by atoms with E-state index in [4.69, 9.17) is 9.47 Å². The number of benzene rings is 1. The zero-order valence-electron chi connectivity index (χ0n) is 12.3. The molecule has 1 atom stereocenters. The van der Waals surface area contributed by atoms with Crippen LogP contribution in [0.2, 0.25) is 0 Å². The number of likely N-dealkylation sites (tertiary alicyclic amines) is 1. The Kier molecular flexibility index (Phi) is 4.26. The molecule has 1 N–H and O–H groups in total. The average molecular weight is 295 g/mol. The molecule has 2 aliphatic heterocycles. The van der Waals surface area contributed by atoms with E-state index in [0.717, 1.165) is 31.5 Å². The lowest BCUT2D eigenvalue weighted by Gasteiger charge is -2.38. The van der Waals surface area contributed by atoms with E-state index in [0.29, 0.717) is 25.3 Å². The van der Waals surface area contributed by atoms with E-state index < -0.39 is 6.10 Å². The quantitative estimate of drug-likeness (QED) is 0.926. The van der Waals surface area contributed by atoms with Crippen molar-refractivity contribution in [2.45, 2.75) is 31.7 Å². The molecule has 3 rings (SSSR count). The van der Waals surface area contributed by atoms with Crippen LogP contribution in [0.5, 0.6) is 0 Å². The summed E-state index contributed by atoms with van der Waals surface area (Å²) in [6, 6.07) is 4.79. The molecule has 2 fully saturated rings. The Morgan fingerprint density at radius 1 is 1.29 bits per heavy atom. The van der Waals surface area contributed by atoms with Crippen molar-refractivity contribution in [1.82, 2.24) is 4.90 Å². The minimum absolute atomic E-state index is 0.235. The van der Waals surface area contributed by atoms with Crippen LogP contribution < -0.4 is 0 Å². The smallest absolute Gasteiger partial charge is 0.170 e. The zero-order chi connectivity index (χ0) is 14.9. The standard InChI is InChI=1S/C16H22FNO3/c1-12-10-13(2-3-14(12)17)15(19)11-18-6-4-16(5-7-18)20-8-9-21-16/h2-3,10,15,19H,4-9,11H2,1H3. The summed E-state index contributed by atoms with van der Waals surface area (Å²) in [6.45, 7) is 5.32. The van der Waals surface area contributed by atoms with Crippen LogP contribution in [0.1, 0.15) is 30.1 Å². The summed E-state index contributed by atoms with van der Waals surface area (Å²) in [4.78, 5) is 2.21. The molecule has 0 saturated carbocycles. The summed E-state index contributed by atoms with van der Waals surface area (Å²) in [5.41, 5.74) is 1.33. The first-order valence-electron chi connectivity index (χ1n) is 7.52. The summed E-state index contributed by atoms with van der Waals surface area (Å²) in [5, 5.41) is 10.3. The number of nitrogens with zero attached hydrogens (tertiary/aromatic N) is 1. The lowest BCUT2D eigenvalue weighted by molar-refractivity contribution is -0.186. The van der Waals surface area contributed by atoms with E-state index in [2.05, 4.69) is 4.90 Å². The van der Waals surface area contributed by atoms with Crippen LogP contribution in [0.4, 0.5) is 4.39 Å². The van der Waals surface area contributed by atoms with Crippen molar-refractivity contribution in [3.63, 3.8) is 0 Å². The van der Waals surface area contributed by atoms with Crippen LogP contribution in [-0.4, -0.2) is 48.6 Å². The van der Waals surface area contributed by atoms with Gasteiger partial charge in [-0.05, 0) is 24.1 Å². The number of aliphatic hydroxyl groups is 1. The Morgan fingerprint density at radius 2 is 1.95 bits per heavy atom. The highest BCUT2D eigenvalue weighted by Crippen LogP contribution is 2.31. The lowest BCUT2D eigenvalue weighted by atomic mass is 10.0. The molecule has 1 unspecified atom stereocenters. The third kappa shape index (κ3) is 3.26. The summed E-state index contributed by atoms with van der Waals surface area (Å²) < 4.78 is 24.7. The third-order valence-electron chi connectivity index (χ3n) is 4.43.